The summed E-state index contributed by atoms with van der Waals surface area (Å²) in [7, 11) is -2.80. The molecule has 0 bridgehead atoms. The number of rotatable bonds is 5. The van der Waals surface area contributed by atoms with Gasteiger partial charge in [0.25, 0.3) is 15.6 Å². The average Bonchev–Trinajstić information content (AvgIpc) is 2.65. The molecule has 3 rings (SSSR count). The molecular weight excluding hydrogens is 380 g/mol. The molecule has 3 aromatic rings. The second kappa shape index (κ2) is 7.35. The quantitative estimate of drug-likeness (QED) is 0.669. The maximum atomic E-state index is 12.9. The number of aryl methyl sites for hydroxylation is 1. The average molecular weight is 400 g/mol. The molecule has 1 heterocycles. The van der Waals surface area contributed by atoms with Crippen molar-refractivity contribution in [2.45, 2.75) is 18.4 Å². The fourth-order valence-corrected chi connectivity index (χ4v) is 4.14. The fourth-order valence-electron chi connectivity index (χ4n) is 2.90. The van der Waals surface area contributed by atoms with Crippen molar-refractivity contribution in [2.75, 3.05) is 17.1 Å². The highest BCUT2D eigenvalue weighted by Gasteiger charge is 2.27. The lowest BCUT2D eigenvalue weighted by Crippen LogP contribution is -2.39. The van der Waals surface area contributed by atoms with Crippen LogP contribution in [0.3, 0.4) is 0 Å². The SMILES string of the molecule is Cc1cccc(Cn2c(N)c(N(C)S(=O)(=O)c3ccccc3)c(=O)[nH]c2=O)c1. The number of H-pyrrole nitrogens is 1. The fraction of sp³-hybridized carbons (Fsp3) is 0.158. The van der Waals surface area contributed by atoms with Crippen LogP contribution in [0, 0.1) is 6.92 Å². The number of nitrogens with two attached hydrogens (primary N) is 1. The van der Waals surface area contributed by atoms with Crippen LogP contribution < -0.4 is 21.3 Å². The lowest BCUT2D eigenvalue weighted by molar-refractivity contribution is 0.593. The van der Waals surface area contributed by atoms with Crippen LogP contribution >= 0.6 is 0 Å². The molecule has 28 heavy (non-hydrogen) atoms. The molecule has 2 aromatic carbocycles. The van der Waals surface area contributed by atoms with Gasteiger partial charge in [-0.05, 0) is 24.6 Å². The van der Waals surface area contributed by atoms with Crippen LogP contribution in [0.1, 0.15) is 11.1 Å². The number of hydrogen-bond donors (Lipinski definition) is 2. The van der Waals surface area contributed by atoms with Crippen molar-refractivity contribution >= 4 is 21.5 Å². The number of nitrogens with zero attached hydrogens (tertiary/aromatic N) is 2. The van der Waals surface area contributed by atoms with E-state index in [9.17, 15) is 18.0 Å². The molecule has 146 valence electrons. The molecule has 0 aliphatic heterocycles. The summed E-state index contributed by atoms with van der Waals surface area (Å²) >= 11 is 0. The van der Waals surface area contributed by atoms with Gasteiger partial charge in [0, 0.05) is 7.05 Å². The first-order chi connectivity index (χ1) is 13.2. The van der Waals surface area contributed by atoms with E-state index in [1.807, 2.05) is 31.2 Å². The summed E-state index contributed by atoms with van der Waals surface area (Å²) in [6, 6.07) is 15.1. The summed E-state index contributed by atoms with van der Waals surface area (Å²) < 4.78 is 27.7. The lowest BCUT2D eigenvalue weighted by Gasteiger charge is -2.21. The summed E-state index contributed by atoms with van der Waals surface area (Å²) in [5, 5.41) is 0. The van der Waals surface area contributed by atoms with Crippen molar-refractivity contribution in [3.8, 4) is 0 Å². The third kappa shape index (κ3) is 3.56. The monoisotopic (exact) mass is 400 g/mol. The predicted octanol–water partition coefficient (Wildman–Crippen LogP) is 1.30. The molecule has 0 spiro atoms. The summed E-state index contributed by atoms with van der Waals surface area (Å²) in [5.74, 6) is -0.225. The van der Waals surface area contributed by atoms with Crippen molar-refractivity contribution in [3.05, 3.63) is 86.6 Å². The molecule has 0 saturated heterocycles. The molecule has 0 atom stereocenters. The van der Waals surface area contributed by atoms with Crippen LogP contribution in [-0.4, -0.2) is 25.0 Å². The van der Waals surface area contributed by atoms with Gasteiger partial charge < -0.3 is 5.73 Å². The first-order valence-electron chi connectivity index (χ1n) is 8.44. The van der Waals surface area contributed by atoms with Crippen LogP contribution in [0.4, 0.5) is 11.5 Å². The van der Waals surface area contributed by atoms with Gasteiger partial charge in [-0.3, -0.25) is 18.7 Å². The topological polar surface area (TPSA) is 118 Å². The number of aromatic amines is 1. The van der Waals surface area contributed by atoms with Gasteiger partial charge in [0.05, 0.1) is 11.4 Å². The summed E-state index contributed by atoms with van der Waals surface area (Å²) in [6.07, 6.45) is 0. The van der Waals surface area contributed by atoms with E-state index in [1.54, 1.807) is 18.2 Å². The number of nitrogens with one attached hydrogen (secondary N) is 1. The molecule has 0 fully saturated rings. The first kappa shape index (κ1) is 19.4. The molecule has 0 aliphatic rings. The largest absolute Gasteiger partial charge is 0.383 e. The second-order valence-corrected chi connectivity index (χ2v) is 8.32. The Kier molecular flexibility index (Phi) is 5.10. The zero-order chi connectivity index (χ0) is 20.5. The van der Waals surface area contributed by atoms with Crippen LogP contribution in [0.15, 0.2) is 69.1 Å². The minimum absolute atomic E-state index is 0.00716. The number of aromatic nitrogens is 2. The maximum absolute atomic E-state index is 12.9. The molecule has 0 unspecified atom stereocenters. The summed E-state index contributed by atoms with van der Waals surface area (Å²) in [4.78, 5) is 26.8. The minimum Gasteiger partial charge on any atom is -0.383 e. The number of sulfonamides is 1. The van der Waals surface area contributed by atoms with Crippen LogP contribution in [0.2, 0.25) is 0 Å². The number of anilines is 2. The number of benzene rings is 2. The Morgan fingerprint density at radius 1 is 1.07 bits per heavy atom. The van der Waals surface area contributed by atoms with Crippen molar-refractivity contribution < 1.29 is 8.42 Å². The number of hydrogen-bond acceptors (Lipinski definition) is 5. The van der Waals surface area contributed by atoms with Gasteiger partial charge in [0.15, 0.2) is 5.69 Å². The van der Waals surface area contributed by atoms with E-state index in [-0.39, 0.29) is 22.9 Å². The van der Waals surface area contributed by atoms with E-state index in [2.05, 4.69) is 4.98 Å². The highest BCUT2D eigenvalue weighted by molar-refractivity contribution is 7.92. The third-order valence-corrected chi connectivity index (χ3v) is 6.13. The van der Waals surface area contributed by atoms with E-state index in [4.69, 9.17) is 5.73 Å². The van der Waals surface area contributed by atoms with E-state index in [1.165, 1.54) is 19.2 Å². The zero-order valence-electron chi connectivity index (χ0n) is 15.4. The Morgan fingerprint density at radius 2 is 1.75 bits per heavy atom. The van der Waals surface area contributed by atoms with E-state index < -0.39 is 21.3 Å². The van der Waals surface area contributed by atoms with Gasteiger partial charge in [-0.15, -0.1) is 0 Å². The van der Waals surface area contributed by atoms with Crippen LogP contribution in [0.5, 0.6) is 0 Å². The molecule has 0 saturated carbocycles. The Balaban J connectivity index is 2.12. The van der Waals surface area contributed by atoms with Gasteiger partial charge in [0.1, 0.15) is 5.82 Å². The smallest absolute Gasteiger partial charge is 0.330 e. The van der Waals surface area contributed by atoms with E-state index >= 15 is 0 Å². The Hall–Kier alpha value is -3.33. The van der Waals surface area contributed by atoms with Crippen molar-refractivity contribution in [3.63, 3.8) is 0 Å². The molecule has 3 N–H and O–H groups in total. The molecule has 1 aromatic heterocycles. The maximum Gasteiger partial charge on any atom is 0.330 e. The molecular formula is C19H20N4O4S. The second-order valence-electron chi connectivity index (χ2n) is 6.35. The van der Waals surface area contributed by atoms with Crippen LogP contribution in [-0.2, 0) is 16.6 Å². The molecule has 9 heteroatoms. The van der Waals surface area contributed by atoms with Gasteiger partial charge >= 0.3 is 5.69 Å². The normalized spacial score (nSPS) is 11.4. The molecule has 0 radical (unpaired) electrons. The van der Waals surface area contributed by atoms with Gasteiger partial charge in [-0.25, -0.2) is 13.2 Å². The third-order valence-electron chi connectivity index (χ3n) is 4.35. The lowest BCUT2D eigenvalue weighted by atomic mass is 10.1. The number of nitrogen functional groups attached to an aromatic ring is 1. The predicted molar refractivity (Wildman–Crippen MR) is 108 cm³/mol. The van der Waals surface area contributed by atoms with Gasteiger partial charge in [0.2, 0.25) is 0 Å². The van der Waals surface area contributed by atoms with Gasteiger partial charge in [-0.1, -0.05) is 48.0 Å². The zero-order valence-corrected chi connectivity index (χ0v) is 16.2. The molecule has 0 amide bonds. The molecule has 0 aliphatic carbocycles. The van der Waals surface area contributed by atoms with E-state index in [0.29, 0.717) is 0 Å². The summed E-state index contributed by atoms with van der Waals surface area (Å²) in [5.41, 5.74) is 5.98. The Morgan fingerprint density at radius 3 is 2.39 bits per heavy atom. The summed E-state index contributed by atoms with van der Waals surface area (Å²) in [6.45, 7) is 2.00. The highest BCUT2D eigenvalue weighted by Crippen LogP contribution is 2.23. The first-order valence-corrected chi connectivity index (χ1v) is 9.88. The standard InChI is InChI=1S/C19H20N4O4S/c1-13-7-6-8-14(11-13)12-23-17(20)16(18(24)21-19(23)25)22(2)28(26,27)15-9-4-3-5-10-15/h3-11H,12,20H2,1-2H3,(H,21,24,25). The highest BCUT2D eigenvalue weighted by atomic mass is 32.2. The minimum atomic E-state index is -4.03. The van der Waals surface area contributed by atoms with Gasteiger partial charge in [-0.2, -0.15) is 0 Å². The molecule has 8 nitrogen and oxygen atoms in total. The van der Waals surface area contributed by atoms with E-state index in [0.717, 1.165) is 20.0 Å². The van der Waals surface area contributed by atoms with Crippen LogP contribution in [0.25, 0.3) is 0 Å². The Bertz CT molecular complexity index is 1230. The van der Waals surface area contributed by atoms with Crippen molar-refractivity contribution in [2.24, 2.45) is 0 Å². The van der Waals surface area contributed by atoms with Crippen molar-refractivity contribution in [1.29, 1.82) is 0 Å². The van der Waals surface area contributed by atoms with Crippen molar-refractivity contribution in [1.82, 2.24) is 9.55 Å². The Labute approximate surface area is 161 Å².